The molecule has 69 valence electrons. The molecule has 0 aromatic heterocycles. The fraction of sp³-hybridized carbons (Fsp3) is 0.600. The van der Waals surface area contributed by atoms with Gasteiger partial charge in [0.1, 0.15) is 0 Å². The van der Waals surface area contributed by atoms with E-state index in [1.807, 2.05) is 0 Å². The molecule has 0 fully saturated rings. The van der Waals surface area contributed by atoms with Crippen molar-refractivity contribution < 1.29 is 43.0 Å². The molecule has 0 atom stereocenters. The molecule has 0 heterocycles. The molecule has 0 saturated carbocycles. The molecule has 0 aliphatic carbocycles. The summed E-state index contributed by atoms with van der Waals surface area (Å²) in [7, 11) is 0. The Morgan fingerprint density at radius 1 is 1.64 bits per heavy atom. The largest absolute Gasteiger partial charge is 0.479 e. The Morgan fingerprint density at radius 3 is 2.00 bits per heavy atom. The summed E-state index contributed by atoms with van der Waals surface area (Å²) in [5, 5.41) is 7.35. The third kappa shape index (κ3) is 26.3. The van der Waals surface area contributed by atoms with Crippen molar-refractivity contribution in [3.63, 3.8) is 0 Å². The molecule has 6 heteroatoms. The summed E-state index contributed by atoms with van der Waals surface area (Å²) in [5.41, 5.74) is 0. The van der Waals surface area contributed by atoms with Crippen LogP contribution in [0.25, 0.3) is 0 Å². The van der Waals surface area contributed by atoms with Crippen molar-refractivity contribution in [2.24, 2.45) is 0 Å². The fourth-order valence-corrected chi connectivity index (χ4v) is 0.329. The molecule has 4 nitrogen and oxygen atoms in total. The zero-order valence-corrected chi connectivity index (χ0v) is 7.33. The number of hydrogen-bond donors (Lipinski definition) is 1. The van der Waals surface area contributed by atoms with E-state index in [4.69, 9.17) is 9.90 Å². The number of alkyl halides is 1. The second-order valence-electron chi connectivity index (χ2n) is 1.17. The van der Waals surface area contributed by atoms with Crippen LogP contribution < -0.4 is 0 Å². The number of rotatable bonds is 2. The first kappa shape index (κ1) is 13.1. The van der Waals surface area contributed by atoms with E-state index in [2.05, 4.69) is 23.9 Å². The summed E-state index contributed by atoms with van der Waals surface area (Å²) in [6.45, 7) is 0.921. The van der Waals surface area contributed by atoms with Gasteiger partial charge in [-0.2, -0.15) is 0 Å². The van der Waals surface area contributed by atoms with Gasteiger partial charge in [0.2, 0.25) is 0 Å². The van der Waals surface area contributed by atoms with E-state index < -0.39 is 12.6 Å². The molecular weight excluding hydrogens is 249 g/mol. The Morgan fingerprint density at radius 2 is 2.00 bits per heavy atom. The molecular formula is C5H8FO4Pd. The average molecular weight is 258 g/mol. The van der Waals surface area contributed by atoms with Gasteiger partial charge in [-0.05, 0) is 0 Å². The van der Waals surface area contributed by atoms with Gasteiger partial charge >= 0.3 is 52.7 Å². The van der Waals surface area contributed by atoms with Gasteiger partial charge in [0.15, 0.2) is 6.67 Å². The number of halogens is 1. The van der Waals surface area contributed by atoms with Gasteiger partial charge in [-0.25, -0.2) is 9.18 Å². The van der Waals surface area contributed by atoms with E-state index in [-0.39, 0.29) is 4.44 Å². The topological polar surface area (TPSA) is 63.6 Å². The molecule has 0 rings (SSSR count). The zero-order chi connectivity index (χ0) is 9.28. The zero-order valence-electron chi connectivity index (χ0n) is 5.78. The third-order valence-corrected chi connectivity index (χ3v) is 0.588. The van der Waals surface area contributed by atoms with Crippen LogP contribution in [-0.4, -0.2) is 28.8 Å². The maximum absolute atomic E-state index is 10.5. The van der Waals surface area contributed by atoms with Crippen LogP contribution >= 0.6 is 0 Å². The molecule has 0 amide bonds. The number of aliphatic carboxylic acids is 1. The summed E-state index contributed by atoms with van der Waals surface area (Å²) in [6.07, 6.45) is 0. The number of carboxylic acid groups (broad SMARTS) is 1. The number of carboxylic acids is 1. The Balaban J connectivity index is 0. The molecule has 0 saturated heterocycles. The molecule has 0 radical (unpaired) electrons. The van der Waals surface area contributed by atoms with Crippen LogP contribution in [0.1, 0.15) is 6.92 Å². The molecule has 0 aromatic rings. The summed E-state index contributed by atoms with van der Waals surface area (Å²) >= 11 is 2.34. The molecule has 0 spiro atoms. The molecule has 0 unspecified atom stereocenters. The summed E-state index contributed by atoms with van der Waals surface area (Å²) < 4.78 is 14.5. The molecule has 0 aliphatic heterocycles. The van der Waals surface area contributed by atoms with Crippen molar-refractivity contribution in [1.82, 2.24) is 0 Å². The molecule has 0 aromatic carbocycles. The van der Waals surface area contributed by atoms with E-state index in [0.29, 0.717) is 6.61 Å². The van der Waals surface area contributed by atoms with E-state index in [1.54, 1.807) is 6.92 Å². The van der Waals surface area contributed by atoms with Crippen molar-refractivity contribution in [3.05, 3.63) is 0 Å². The van der Waals surface area contributed by atoms with Gasteiger partial charge in [0, 0.05) is 0 Å². The van der Waals surface area contributed by atoms with E-state index >= 15 is 0 Å². The molecule has 11 heavy (non-hydrogen) atoms. The molecule has 0 bridgehead atoms. The summed E-state index contributed by atoms with van der Waals surface area (Å²) in [4.78, 5) is 18.7. The summed E-state index contributed by atoms with van der Waals surface area (Å²) in [6, 6.07) is 0. The van der Waals surface area contributed by atoms with E-state index in [9.17, 15) is 9.18 Å². The summed E-state index contributed by atoms with van der Waals surface area (Å²) in [5.74, 6) is -1.41. The minimum Gasteiger partial charge on any atom is -0.479 e. The number of ether oxygens (including phenoxy) is 1. The van der Waals surface area contributed by atoms with Gasteiger partial charge in [-0.3, -0.25) is 0 Å². The predicted molar refractivity (Wildman–Crippen MR) is 30.6 cm³/mol. The average Bonchev–Trinajstić information content (AvgIpc) is 1.89. The van der Waals surface area contributed by atoms with Crippen LogP contribution in [0, 0.1) is 0 Å². The van der Waals surface area contributed by atoms with Crippen LogP contribution in [-0.2, 0) is 28.7 Å². The Kier molecular flexibility index (Phi) is 11.4. The van der Waals surface area contributed by atoms with Crippen LogP contribution in [0.5, 0.6) is 0 Å². The number of hydrogen-bond acceptors (Lipinski definition) is 3. The second-order valence-corrected chi connectivity index (χ2v) is 1.81. The van der Waals surface area contributed by atoms with E-state index in [0.717, 1.165) is 0 Å². The van der Waals surface area contributed by atoms with Crippen molar-refractivity contribution >= 4 is 10.4 Å². The van der Waals surface area contributed by atoms with Crippen LogP contribution in [0.2, 0.25) is 0 Å². The van der Waals surface area contributed by atoms with Gasteiger partial charge in [-0.15, -0.1) is 0 Å². The van der Waals surface area contributed by atoms with E-state index in [1.165, 1.54) is 0 Å². The minimum absolute atomic E-state index is 0.361. The quantitative estimate of drug-likeness (QED) is 0.741. The normalized spacial score (nSPS) is 7.64. The SMILES string of the molecule is CCO[C](=O)[Pd].O=C(O)CF. The van der Waals surface area contributed by atoms with Crippen molar-refractivity contribution in [2.75, 3.05) is 13.3 Å². The Hall–Kier alpha value is -0.468. The monoisotopic (exact) mass is 257 g/mol. The standard InChI is InChI=1S/C3H5O2.C2H3FO2.Pd/c1-2-5-3-4;3-1-2(4)5;/h2H2,1H3;1H2,(H,4,5);. The molecule has 0 aliphatic rings. The van der Waals surface area contributed by atoms with Gasteiger partial charge < -0.3 is 5.11 Å². The Labute approximate surface area is 74.1 Å². The first-order valence-electron chi connectivity index (χ1n) is 2.61. The van der Waals surface area contributed by atoms with Crippen LogP contribution in [0.4, 0.5) is 9.18 Å². The predicted octanol–water partition coefficient (Wildman–Crippen LogP) is 0.730. The van der Waals surface area contributed by atoms with Crippen LogP contribution in [0.15, 0.2) is 0 Å². The molecule has 1 N–H and O–H groups in total. The minimum atomic E-state index is -1.41. The van der Waals surface area contributed by atoms with Gasteiger partial charge in [0.05, 0.1) is 0 Å². The smallest absolute Gasteiger partial charge is 0.335 e. The first-order valence-corrected chi connectivity index (χ1v) is 3.39. The second kappa shape index (κ2) is 9.53. The van der Waals surface area contributed by atoms with Crippen molar-refractivity contribution in [2.45, 2.75) is 6.92 Å². The van der Waals surface area contributed by atoms with Gasteiger partial charge in [-0.1, -0.05) is 0 Å². The van der Waals surface area contributed by atoms with Gasteiger partial charge in [0.25, 0.3) is 0 Å². The van der Waals surface area contributed by atoms with Crippen molar-refractivity contribution in [3.8, 4) is 0 Å². The number of carbonyl (C=O) groups is 2. The maximum atomic E-state index is 10.5. The van der Waals surface area contributed by atoms with Crippen molar-refractivity contribution in [1.29, 1.82) is 0 Å². The number of carbonyl (C=O) groups excluding carboxylic acids is 1. The Bertz CT molecular complexity index is 128. The maximum Gasteiger partial charge on any atom is 0.335 e. The third-order valence-electron chi connectivity index (χ3n) is 0.363. The first-order chi connectivity index (χ1) is 5.04. The van der Waals surface area contributed by atoms with Crippen LogP contribution in [0.3, 0.4) is 0 Å². The fourth-order valence-electron chi connectivity index (χ4n) is 0.105.